The molecule has 3 N–H and O–H groups in total. The fraction of sp³-hybridized carbons (Fsp3) is 0.250. The third-order valence-corrected chi connectivity index (χ3v) is 4.91. The van der Waals surface area contributed by atoms with Crippen LogP contribution in [0.15, 0.2) is 59.7 Å². The van der Waals surface area contributed by atoms with Crippen LogP contribution in [0.25, 0.3) is 0 Å². The minimum atomic E-state index is -0.528. The first-order valence-corrected chi connectivity index (χ1v) is 9.91. The normalized spacial score (nSPS) is 17.2. The molecule has 0 unspecified atom stereocenters. The Bertz CT molecular complexity index is 858. The fourth-order valence-electron chi connectivity index (χ4n) is 2.50. The second-order valence-corrected chi connectivity index (χ2v) is 7.28. The minimum Gasteiger partial charge on any atom is -0.491 e. The van der Waals surface area contributed by atoms with E-state index in [0.717, 1.165) is 12.1 Å². The Morgan fingerprint density at radius 3 is 2.71 bits per heavy atom. The molecule has 0 radical (unpaired) electrons. The maximum Gasteiger partial charge on any atom is 0.240 e. The summed E-state index contributed by atoms with van der Waals surface area (Å²) in [5.74, 6) is 0.136. The Labute approximate surface area is 167 Å². The highest BCUT2D eigenvalue weighted by molar-refractivity contribution is 8.15. The molecule has 1 saturated heterocycles. The molecule has 2 aromatic carbocycles. The lowest BCUT2D eigenvalue weighted by Gasteiger charge is -2.12. The number of nitrogens with zero attached hydrogens (tertiary/aromatic N) is 1. The first kappa shape index (κ1) is 19.8. The monoisotopic (exact) mass is 398 g/mol. The van der Waals surface area contributed by atoms with E-state index in [-0.39, 0.29) is 18.2 Å². The van der Waals surface area contributed by atoms with Crippen LogP contribution in [0, 0.1) is 0 Å². The predicted octanol–water partition coefficient (Wildman–Crippen LogP) is 3.42. The molecule has 1 aliphatic heterocycles. The summed E-state index contributed by atoms with van der Waals surface area (Å²) in [4.78, 5) is 24.6. The molecule has 7 nitrogen and oxygen atoms in total. The second kappa shape index (κ2) is 9.80. The van der Waals surface area contributed by atoms with Crippen molar-refractivity contribution in [3.05, 3.63) is 54.6 Å². The van der Waals surface area contributed by atoms with Crippen molar-refractivity contribution in [2.24, 2.45) is 5.10 Å². The van der Waals surface area contributed by atoms with E-state index >= 15 is 0 Å². The maximum atomic E-state index is 12.4. The van der Waals surface area contributed by atoms with Crippen molar-refractivity contribution in [1.82, 2.24) is 5.32 Å². The molecule has 0 bridgehead atoms. The van der Waals surface area contributed by atoms with Gasteiger partial charge in [0.25, 0.3) is 0 Å². The molecule has 1 aliphatic rings. The average Bonchev–Trinajstić information content (AvgIpc) is 3.05. The molecule has 1 fully saturated rings. The van der Waals surface area contributed by atoms with Crippen molar-refractivity contribution in [2.45, 2.75) is 25.0 Å². The van der Waals surface area contributed by atoms with Gasteiger partial charge in [0.2, 0.25) is 11.8 Å². The Hall–Kier alpha value is -3.00. The van der Waals surface area contributed by atoms with E-state index in [2.05, 4.69) is 21.2 Å². The van der Waals surface area contributed by atoms with Crippen molar-refractivity contribution in [1.29, 1.82) is 0 Å². The van der Waals surface area contributed by atoms with E-state index in [1.165, 1.54) is 11.8 Å². The quantitative estimate of drug-likeness (QED) is 0.593. The molecule has 146 valence electrons. The van der Waals surface area contributed by atoms with Crippen LogP contribution in [0.1, 0.15) is 19.8 Å². The summed E-state index contributed by atoms with van der Waals surface area (Å²) in [7, 11) is 0. The fourth-order valence-corrected chi connectivity index (χ4v) is 3.43. The minimum absolute atomic E-state index is 0.0446. The van der Waals surface area contributed by atoms with Crippen molar-refractivity contribution < 1.29 is 14.3 Å². The molecule has 3 rings (SSSR count). The number of benzene rings is 2. The Morgan fingerprint density at radius 1 is 1.18 bits per heavy atom. The van der Waals surface area contributed by atoms with Crippen molar-refractivity contribution >= 4 is 40.1 Å². The molecule has 2 aromatic rings. The molecular formula is C20H22N4O3S. The number of hydrogen-bond donors (Lipinski definition) is 3. The summed E-state index contributed by atoms with van der Waals surface area (Å²) >= 11 is 1.23. The lowest BCUT2D eigenvalue weighted by Crippen LogP contribution is -2.28. The summed E-state index contributed by atoms with van der Waals surface area (Å²) in [6, 6.07) is 16.7. The summed E-state index contributed by atoms with van der Waals surface area (Å²) in [5, 5.41) is 9.61. The van der Waals surface area contributed by atoms with Gasteiger partial charge in [0.15, 0.2) is 5.17 Å². The van der Waals surface area contributed by atoms with E-state index in [1.807, 2.05) is 55.5 Å². The van der Waals surface area contributed by atoms with Crippen LogP contribution in [-0.2, 0) is 9.59 Å². The number of rotatable bonds is 8. The number of amides is 2. The van der Waals surface area contributed by atoms with Gasteiger partial charge in [0.1, 0.15) is 11.0 Å². The van der Waals surface area contributed by atoms with E-state index in [4.69, 9.17) is 4.74 Å². The van der Waals surface area contributed by atoms with Gasteiger partial charge in [-0.3, -0.25) is 15.0 Å². The Morgan fingerprint density at radius 2 is 1.93 bits per heavy atom. The van der Waals surface area contributed by atoms with Crippen LogP contribution in [0.3, 0.4) is 0 Å². The van der Waals surface area contributed by atoms with Crippen LogP contribution in [0.4, 0.5) is 11.4 Å². The summed E-state index contributed by atoms with van der Waals surface area (Å²) < 4.78 is 5.64. The zero-order valence-electron chi connectivity index (χ0n) is 15.5. The van der Waals surface area contributed by atoms with Gasteiger partial charge in [0.05, 0.1) is 18.0 Å². The van der Waals surface area contributed by atoms with Gasteiger partial charge in [-0.25, -0.2) is 0 Å². The van der Waals surface area contributed by atoms with Gasteiger partial charge in [-0.05, 0) is 30.7 Å². The highest BCUT2D eigenvalue weighted by Crippen LogP contribution is 2.26. The summed E-state index contributed by atoms with van der Waals surface area (Å²) in [5.41, 5.74) is 4.30. The number of hydrazone groups is 1. The van der Waals surface area contributed by atoms with Crippen LogP contribution in [0.2, 0.25) is 0 Å². The highest BCUT2D eigenvalue weighted by Gasteiger charge is 2.32. The third kappa shape index (κ3) is 5.50. The van der Waals surface area contributed by atoms with Gasteiger partial charge in [-0.2, -0.15) is 0 Å². The maximum absolute atomic E-state index is 12.4. The van der Waals surface area contributed by atoms with Crippen LogP contribution in [-0.4, -0.2) is 28.8 Å². The van der Waals surface area contributed by atoms with Crippen molar-refractivity contribution in [2.75, 3.05) is 17.3 Å². The van der Waals surface area contributed by atoms with Gasteiger partial charge in [-0.15, -0.1) is 5.10 Å². The molecule has 0 saturated carbocycles. The first-order valence-electron chi connectivity index (χ1n) is 9.03. The SMILES string of the molecule is CCCOc1ccccc1NC(=O)C[C@@H]1S/C(=N/Nc2ccccc2)NC1=O. The van der Waals surface area contributed by atoms with Crippen LogP contribution >= 0.6 is 11.8 Å². The second-order valence-electron chi connectivity index (χ2n) is 6.09. The summed E-state index contributed by atoms with van der Waals surface area (Å²) in [6.07, 6.45) is 0.920. The smallest absolute Gasteiger partial charge is 0.240 e. The van der Waals surface area contributed by atoms with E-state index in [9.17, 15) is 9.59 Å². The zero-order valence-corrected chi connectivity index (χ0v) is 16.3. The molecule has 28 heavy (non-hydrogen) atoms. The number of carbonyl (C=O) groups is 2. The van der Waals surface area contributed by atoms with Crippen molar-refractivity contribution in [3.8, 4) is 5.75 Å². The van der Waals surface area contributed by atoms with E-state index in [0.29, 0.717) is 23.2 Å². The molecule has 2 amide bonds. The molecule has 0 aromatic heterocycles. The number of thioether (sulfide) groups is 1. The Balaban J connectivity index is 1.55. The van der Waals surface area contributed by atoms with Gasteiger partial charge in [0, 0.05) is 6.42 Å². The molecule has 1 atom stereocenters. The van der Waals surface area contributed by atoms with E-state index < -0.39 is 5.25 Å². The van der Waals surface area contributed by atoms with Gasteiger partial charge in [-0.1, -0.05) is 49.0 Å². The Kier molecular flexibility index (Phi) is 6.91. The largest absolute Gasteiger partial charge is 0.491 e. The number of carbonyl (C=O) groups excluding carboxylic acids is 2. The van der Waals surface area contributed by atoms with Crippen LogP contribution in [0.5, 0.6) is 5.75 Å². The third-order valence-electron chi connectivity index (χ3n) is 3.83. The van der Waals surface area contributed by atoms with E-state index in [1.54, 1.807) is 6.07 Å². The number of hydrogen-bond acceptors (Lipinski definition) is 6. The number of ether oxygens (including phenoxy) is 1. The standard InChI is InChI=1S/C20H22N4O3S/c1-2-12-27-16-11-7-6-10-15(16)21-18(25)13-17-19(26)22-20(28-17)24-23-14-8-4-3-5-9-14/h3-11,17,23H,2,12-13H2,1H3,(H,21,25)(H,22,24,26)/t17-/m0/s1. The van der Waals surface area contributed by atoms with Crippen LogP contribution < -0.4 is 20.8 Å². The molecular weight excluding hydrogens is 376 g/mol. The predicted molar refractivity (Wildman–Crippen MR) is 112 cm³/mol. The summed E-state index contributed by atoms with van der Waals surface area (Å²) in [6.45, 7) is 2.59. The number of amidine groups is 1. The molecule has 1 heterocycles. The van der Waals surface area contributed by atoms with Crippen molar-refractivity contribution in [3.63, 3.8) is 0 Å². The molecule has 0 spiro atoms. The lowest BCUT2D eigenvalue weighted by molar-refractivity contribution is -0.122. The molecule has 8 heteroatoms. The average molecular weight is 398 g/mol. The highest BCUT2D eigenvalue weighted by atomic mass is 32.2. The zero-order chi connectivity index (χ0) is 19.8. The molecule has 0 aliphatic carbocycles. The van der Waals surface area contributed by atoms with Gasteiger partial charge >= 0.3 is 0 Å². The first-order chi connectivity index (χ1) is 13.7. The number of anilines is 2. The number of nitrogens with one attached hydrogen (secondary N) is 3. The topological polar surface area (TPSA) is 91.8 Å². The van der Waals surface area contributed by atoms with Gasteiger partial charge < -0.3 is 15.4 Å². The number of para-hydroxylation sites is 3. The lowest BCUT2D eigenvalue weighted by atomic mass is 10.2.